The molecule has 2 nitrogen and oxygen atoms in total. The van der Waals surface area contributed by atoms with Crippen LogP contribution in [0.3, 0.4) is 0 Å². The average molecular weight is 238 g/mol. The summed E-state index contributed by atoms with van der Waals surface area (Å²) in [5, 5.41) is 0. The monoisotopic (exact) mass is 238 g/mol. The van der Waals surface area contributed by atoms with Crippen LogP contribution < -0.4 is 11.3 Å². The Bertz CT molecular complexity index is 221. The molecule has 17 heavy (non-hydrogen) atoms. The number of hydrogen-bond acceptors (Lipinski definition) is 2. The van der Waals surface area contributed by atoms with E-state index in [0.717, 1.165) is 23.7 Å². The van der Waals surface area contributed by atoms with Gasteiger partial charge in [0, 0.05) is 6.04 Å². The Balaban J connectivity index is 1.86. The molecule has 3 unspecified atom stereocenters. The zero-order chi connectivity index (χ0) is 12.3. The second-order valence-electron chi connectivity index (χ2n) is 6.56. The molecule has 0 heterocycles. The van der Waals surface area contributed by atoms with Crippen LogP contribution >= 0.6 is 0 Å². The van der Waals surface area contributed by atoms with Crippen molar-refractivity contribution in [2.45, 2.75) is 71.3 Å². The van der Waals surface area contributed by atoms with Crippen LogP contribution in [0.25, 0.3) is 0 Å². The summed E-state index contributed by atoms with van der Waals surface area (Å²) in [6, 6.07) is 0.595. The quantitative estimate of drug-likeness (QED) is 0.581. The first-order valence-corrected chi connectivity index (χ1v) is 7.70. The molecular weight excluding hydrogens is 208 g/mol. The predicted molar refractivity (Wildman–Crippen MR) is 73.4 cm³/mol. The van der Waals surface area contributed by atoms with Gasteiger partial charge in [0.15, 0.2) is 0 Å². The van der Waals surface area contributed by atoms with Crippen molar-refractivity contribution in [1.82, 2.24) is 5.43 Å². The van der Waals surface area contributed by atoms with Gasteiger partial charge in [0.2, 0.25) is 0 Å². The molecule has 3 atom stereocenters. The molecule has 0 saturated heterocycles. The minimum absolute atomic E-state index is 0.595. The summed E-state index contributed by atoms with van der Waals surface area (Å²) < 4.78 is 0. The van der Waals surface area contributed by atoms with E-state index in [4.69, 9.17) is 5.84 Å². The van der Waals surface area contributed by atoms with Crippen molar-refractivity contribution in [3.63, 3.8) is 0 Å². The summed E-state index contributed by atoms with van der Waals surface area (Å²) in [5.74, 6) is 9.45. The first kappa shape index (κ1) is 13.4. The maximum atomic E-state index is 5.85. The van der Waals surface area contributed by atoms with Gasteiger partial charge in [0.25, 0.3) is 0 Å². The fourth-order valence-corrected chi connectivity index (χ4v) is 4.19. The SMILES string of the molecule is CCC1CCC(C(NN)C2CCC(C)C2)CC1. The summed E-state index contributed by atoms with van der Waals surface area (Å²) in [7, 11) is 0. The van der Waals surface area contributed by atoms with Crippen molar-refractivity contribution in [3.05, 3.63) is 0 Å². The number of hydrazine groups is 1. The highest BCUT2D eigenvalue weighted by Gasteiger charge is 2.34. The number of hydrogen-bond donors (Lipinski definition) is 2. The Morgan fingerprint density at radius 1 is 1.06 bits per heavy atom. The van der Waals surface area contributed by atoms with Crippen LogP contribution in [0.5, 0.6) is 0 Å². The highest BCUT2D eigenvalue weighted by atomic mass is 15.2. The smallest absolute Gasteiger partial charge is 0.0267 e. The normalized spacial score (nSPS) is 40.4. The molecule has 0 aromatic carbocycles. The van der Waals surface area contributed by atoms with E-state index in [2.05, 4.69) is 19.3 Å². The molecule has 0 aromatic rings. The van der Waals surface area contributed by atoms with Crippen LogP contribution in [-0.2, 0) is 0 Å². The van der Waals surface area contributed by atoms with Gasteiger partial charge in [-0.1, -0.05) is 39.5 Å². The molecule has 0 bridgehead atoms. The molecule has 0 amide bonds. The van der Waals surface area contributed by atoms with Gasteiger partial charge in [-0.2, -0.15) is 0 Å². The van der Waals surface area contributed by atoms with Crippen LogP contribution in [-0.4, -0.2) is 6.04 Å². The second-order valence-corrected chi connectivity index (χ2v) is 6.56. The van der Waals surface area contributed by atoms with E-state index in [-0.39, 0.29) is 0 Å². The van der Waals surface area contributed by atoms with Crippen LogP contribution in [0.1, 0.15) is 65.2 Å². The first-order chi connectivity index (χ1) is 8.24. The van der Waals surface area contributed by atoms with E-state index < -0.39 is 0 Å². The second kappa shape index (κ2) is 6.19. The van der Waals surface area contributed by atoms with Gasteiger partial charge in [-0.25, -0.2) is 0 Å². The van der Waals surface area contributed by atoms with Gasteiger partial charge in [0.1, 0.15) is 0 Å². The van der Waals surface area contributed by atoms with E-state index in [1.807, 2.05) is 0 Å². The molecule has 2 rings (SSSR count). The maximum Gasteiger partial charge on any atom is 0.0267 e. The fourth-order valence-electron chi connectivity index (χ4n) is 4.19. The minimum atomic E-state index is 0.595. The minimum Gasteiger partial charge on any atom is -0.271 e. The molecule has 0 aliphatic heterocycles. The van der Waals surface area contributed by atoms with Crippen molar-refractivity contribution >= 4 is 0 Å². The van der Waals surface area contributed by atoms with Crippen molar-refractivity contribution in [2.24, 2.45) is 29.5 Å². The highest BCUT2D eigenvalue weighted by Crippen LogP contribution is 2.40. The largest absolute Gasteiger partial charge is 0.271 e. The summed E-state index contributed by atoms with van der Waals surface area (Å²) >= 11 is 0. The molecular formula is C15H30N2. The summed E-state index contributed by atoms with van der Waals surface area (Å²) in [4.78, 5) is 0. The van der Waals surface area contributed by atoms with Crippen molar-refractivity contribution < 1.29 is 0 Å². The third kappa shape index (κ3) is 3.23. The predicted octanol–water partition coefficient (Wildman–Crippen LogP) is 3.47. The van der Waals surface area contributed by atoms with Gasteiger partial charge in [-0.05, 0) is 49.4 Å². The summed E-state index contributed by atoms with van der Waals surface area (Å²) in [6.07, 6.45) is 11.2. The van der Waals surface area contributed by atoms with E-state index in [0.29, 0.717) is 6.04 Å². The molecule has 0 spiro atoms. The van der Waals surface area contributed by atoms with E-state index in [9.17, 15) is 0 Å². The van der Waals surface area contributed by atoms with Crippen LogP contribution in [0.2, 0.25) is 0 Å². The molecule has 2 saturated carbocycles. The lowest BCUT2D eigenvalue weighted by Crippen LogP contribution is -2.46. The lowest BCUT2D eigenvalue weighted by molar-refractivity contribution is 0.175. The maximum absolute atomic E-state index is 5.85. The van der Waals surface area contributed by atoms with Crippen LogP contribution in [0, 0.1) is 23.7 Å². The van der Waals surface area contributed by atoms with Crippen molar-refractivity contribution in [2.75, 3.05) is 0 Å². The third-order valence-electron chi connectivity index (χ3n) is 5.41. The highest BCUT2D eigenvalue weighted by molar-refractivity contribution is 4.88. The van der Waals surface area contributed by atoms with Gasteiger partial charge >= 0.3 is 0 Å². The zero-order valence-corrected chi connectivity index (χ0v) is 11.6. The van der Waals surface area contributed by atoms with Gasteiger partial charge in [-0.15, -0.1) is 0 Å². The fraction of sp³-hybridized carbons (Fsp3) is 1.00. The van der Waals surface area contributed by atoms with Crippen LogP contribution in [0.15, 0.2) is 0 Å². The Kier molecular flexibility index (Phi) is 4.87. The van der Waals surface area contributed by atoms with Crippen molar-refractivity contribution in [1.29, 1.82) is 0 Å². The molecule has 0 aromatic heterocycles. The van der Waals surface area contributed by atoms with Crippen molar-refractivity contribution in [3.8, 4) is 0 Å². The molecule has 0 radical (unpaired) electrons. The summed E-state index contributed by atoms with van der Waals surface area (Å²) in [5.41, 5.74) is 3.17. The van der Waals surface area contributed by atoms with E-state index in [1.54, 1.807) is 0 Å². The Labute approximate surface area is 107 Å². The Morgan fingerprint density at radius 3 is 2.18 bits per heavy atom. The molecule has 100 valence electrons. The lowest BCUT2D eigenvalue weighted by Gasteiger charge is -2.36. The van der Waals surface area contributed by atoms with Gasteiger partial charge < -0.3 is 0 Å². The standard InChI is InChI=1S/C15H30N2/c1-3-12-5-8-13(9-6-12)15(17-16)14-7-4-11(2)10-14/h11-15,17H,3-10,16H2,1-2H3. The number of nitrogens with one attached hydrogen (secondary N) is 1. The van der Waals surface area contributed by atoms with Crippen LogP contribution in [0.4, 0.5) is 0 Å². The molecule has 2 aliphatic carbocycles. The molecule has 2 fully saturated rings. The topological polar surface area (TPSA) is 38.0 Å². The van der Waals surface area contributed by atoms with Gasteiger partial charge in [0.05, 0.1) is 0 Å². The molecule has 2 aliphatic rings. The summed E-state index contributed by atoms with van der Waals surface area (Å²) in [6.45, 7) is 4.73. The zero-order valence-electron chi connectivity index (χ0n) is 11.6. The Hall–Kier alpha value is -0.0800. The number of nitrogens with two attached hydrogens (primary N) is 1. The average Bonchev–Trinajstić information content (AvgIpc) is 2.78. The Morgan fingerprint density at radius 2 is 1.71 bits per heavy atom. The lowest BCUT2D eigenvalue weighted by atomic mass is 9.74. The molecule has 3 N–H and O–H groups in total. The first-order valence-electron chi connectivity index (χ1n) is 7.70. The number of rotatable bonds is 4. The third-order valence-corrected chi connectivity index (χ3v) is 5.41. The van der Waals surface area contributed by atoms with E-state index >= 15 is 0 Å². The van der Waals surface area contributed by atoms with Gasteiger partial charge in [-0.3, -0.25) is 11.3 Å². The molecule has 2 heteroatoms. The van der Waals surface area contributed by atoms with E-state index in [1.165, 1.54) is 51.4 Å².